The normalized spacial score (nSPS) is 31.6. The smallest absolute Gasteiger partial charge is 0.0481 e. The van der Waals surface area contributed by atoms with Gasteiger partial charge < -0.3 is 5.73 Å². The molecule has 2 N–H and O–H groups in total. The van der Waals surface area contributed by atoms with Crippen molar-refractivity contribution in [2.24, 2.45) is 17.6 Å². The second-order valence-electron chi connectivity index (χ2n) is 6.81. The molecule has 2 heteroatoms. The van der Waals surface area contributed by atoms with Crippen molar-refractivity contribution in [2.45, 2.75) is 70.3 Å². The largest absolute Gasteiger partial charge is 0.327 e. The van der Waals surface area contributed by atoms with Gasteiger partial charge >= 0.3 is 0 Å². The predicted octanol–water partition coefficient (Wildman–Crippen LogP) is 4.05. The lowest BCUT2D eigenvalue weighted by molar-refractivity contribution is 0.215. The number of hydrogen-bond donors (Lipinski definition) is 1. The molecular formula is C18H28N2. The van der Waals surface area contributed by atoms with Gasteiger partial charge in [-0.15, -0.1) is 0 Å². The van der Waals surface area contributed by atoms with E-state index in [0.29, 0.717) is 12.0 Å². The summed E-state index contributed by atoms with van der Waals surface area (Å²) in [6.07, 6.45) is 12.4. The highest BCUT2D eigenvalue weighted by Gasteiger charge is 2.33. The molecule has 3 rings (SSSR count). The molecule has 0 amide bonds. The van der Waals surface area contributed by atoms with Crippen LogP contribution in [0.1, 0.15) is 69.0 Å². The fourth-order valence-corrected chi connectivity index (χ4v) is 4.33. The third kappa shape index (κ3) is 2.76. The van der Waals surface area contributed by atoms with Gasteiger partial charge in [0.25, 0.3) is 0 Å². The fraction of sp³-hybridized carbons (Fsp3) is 0.722. The van der Waals surface area contributed by atoms with Crippen LogP contribution in [0.25, 0.3) is 0 Å². The Balaban J connectivity index is 1.71. The first-order valence-corrected chi connectivity index (χ1v) is 8.49. The van der Waals surface area contributed by atoms with Crippen molar-refractivity contribution in [2.75, 3.05) is 0 Å². The second-order valence-corrected chi connectivity index (χ2v) is 6.81. The molecule has 2 aliphatic carbocycles. The van der Waals surface area contributed by atoms with Gasteiger partial charge in [0, 0.05) is 23.9 Å². The second kappa shape index (κ2) is 6.26. The highest BCUT2D eigenvalue weighted by Crippen LogP contribution is 2.39. The molecule has 0 radical (unpaired) electrons. The van der Waals surface area contributed by atoms with Crippen LogP contribution < -0.4 is 5.73 Å². The number of rotatable bonds is 3. The first kappa shape index (κ1) is 14.1. The Hall–Kier alpha value is -0.890. The molecule has 2 nitrogen and oxygen atoms in total. The quantitative estimate of drug-likeness (QED) is 0.901. The maximum absolute atomic E-state index is 6.68. The number of aromatic nitrogens is 1. The van der Waals surface area contributed by atoms with Crippen molar-refractivity contribution in [3.63, 3.8) is 0 Å². The monoisotopic (exact) mass is 272 g/mol. The molecule has 0 saturated heterocycles. The highest BCUT2D eigenvalue weighted by molar-refractivity contribution is 5.27. The molecule has 1 aromatic heterocycles. The molecule has 2 unspecified atom stereocenters. The van der Waals surface area contributed by atoms with Gasteiger partial charge in [-0.3, -0.25) is 4.98 Å². The van der Waals surface area contributed by atoms with E-state index in [2.05, 4.69) is 24.0 Å². The van der Waals surface area contributed by atoms with Crippen molar-refractivity contribution in [3.05, 3.63) is 29.6 Å². The summed E-state index contributed by atoms with van der Waals surface area (Å²) in [7, 11) is 0. The summed E-state index contributed by atoms with van der Waals surface area (Å²) >= 11 is 0. The molecule has 2 aliphatic rings. The van der Waals surface area contributed by atoms with Crippen molar-refractivity contribution >= 4 is 0 Å². The lowest BCUT2D eigenvalue weighted by Gasteiger charge is -2.37. The van der Waals surface area contributed by atoms with Crippen LogP contribution in [0, 0.1) is 11.8 Å². The number of pyridine rings is 1. The third-order valence-electron chi connectivity index (χ3n) is 5.72. The van der Waals surface area contributed by atoms with Gasteiger partial charge in [-0.25, -0.2) is 0 Å². The lowest BCUT2D eigenvalue weighted by atomic mass is 9.71. The summed E-state index contributed by atoms with van der Waals surface area (Å²) in [4.78, 5) is 4.67. The van der Waals surface area contributed by atoms with Crippen molar-refractivity contribution in [1.82, 2.24) is 4.98 Å². The topological polar surface area (TPSA) is 38.9 Å². The molecule has 20 heavy (non-hydrogen) atoms. The van der Waals surface area contributed by atoms with Gasteiger partial charge in [0.15, 0.2) is 0 Å². The number of fused-ring (bicyclic) bond motifs is 1. The molecule has 1 fully saturated rings. The minimum atomic E-state index is 0.321. The maximum atomic E-state index is 6.68. The molecule has 0 spiro atoms. The summed E-state index contributed by atoms with van der Waals surface area (Å²) in [5.41, 5.74) is 9.44. The van der Waals surface area contributed by atoms with E-state index in [1.807, 2.05) is 6.20 Å². The van der Waals surface area contributed by atoms with Gasteiger partial charge in [0.1, 0.15) is 0 Å². The van der Waals surface area contributed by atoms with E-state index in [1.54, 1.807) is 0 Å². The van der Waals surface area contributed by atoms with E-state index >= 15 is 0 Å². The van der Waals surface area contributed by atoms with E-state index in [4.69, 9.17) is 5.73 Å². The van der Waals surface area contributed by atoms with E-state index in [-0.39, 0.29) is 0 Å². The zero-order chi connectivity index (χ0) is 13.9. The Bertz CT molecular complexity index is 435. The summed E-state index contributed by atoms with van der Waals surface area (Å²) < 4.78 is 0. The van der Waals surface area contributed by atoms with E-state index in [9.17, 15) is 0 Å². The van der Waals surface area contributed by atoms with Crippen LogP contribution in [0.15, 0.2) is 18.3 Å². The average molecular weight is 272 g/mol. The molecule has 110 valence electrons. The van der Waals surface area contributed by atoms with Crippen LogP contribution >= 0.6 is 0 Å². The van der Waals surface area contributed by atoms with Crippen LogP contribution in [-0.4, -0.2) is 11.0 Å². The highest BCUT2D eigenvalue weighted by atomic mass is 14.8. The molecule has 0 aliphatic heterocycles. The molecule has 2 atom stereocenters. The SMILES string of the molecule is CCC1CCC(C(N)C2CCCc3cccnc32)CC1. The summed E-state index contributed by atoms with van der Waals surface area (Å²) in [6, 6.07) is 4.63. The van der Waals surface area contributed by atoms with Crippen LogP contribution in [0.2, 0.25) is 0 Å². The number of nitrogens with zero attached hydrogens (tertiary/aromatic N) is 1. The average Bonchev–Trinajstić information content (AvgIpc) is 2.54. The van der Waals surface area contributed by atoms with Crippen molar-refractivity contribution < 1.29 is 0 Å². The van der Waals surface area contributed by atoms with Gasteiger partial charge in [-0.05, 0) is 55.6 Å². The van der Waals surface area contributed by atoms with Crippen molar-refractivity contribution in [1.29, 1.82) is 0 Å². The number of nitrogens with two attached hydrogens (primary N) is 1. The Morgan fingerprint density at radius 1 is 1.25 bits per heavy atom. The van der Waals surface area contributed by atoms with Gasteiger partial charge in [0.05, 0.1) is 0 Å². The molecular weight excluding hydrogens is 244 g/mol. The van der Waals surface area contributed by atoms with E-state index in [0.717, 1.165) is 11.8 Å². The molecule has 0 aromatic carbocycles. The molecule has 1 aromatic rings. The Morgan fingerprint density at radius 2 is 2.05 bits per heavy atom. The lowest BCUT2D eigenvalue weighted by Crippen LogP contribution is -2.40. The van der Waals surface area contributed by atoms with E-state index < -0.39 is 0 Å². The summed E-state index contributed by atoms with van der Waals surface area (Å²) in [6.45, 7) is 2.33. The first-order chi connectivity index (χ1) is 9.79. The van der Waals surface area contributed by atoms with Crippen LogP contribution in [0.4, 0.5) is 0 Å². The Labute approximate surface area is 123 Å². The molecule has 1 saturated carbocycles. The fourth-order valence-electron chi connectivity index (χ4n) is 4.33. The predicted molar refractivity (Wildman–Crippen MR) is 83.6 cm³/mol. The van der Waals surface area contributed by atoms with Crippen LogP contribution in [-0.2, 0) is 6.42 Å². The van der Waals surface area contributed by atoms with Gasteiger partial charge in [0.2, 0.25) is 0 Å². The van der Waals surface area contributed by atoms with E-state index in [1.165, 1.54) is 62.6 Å². The minimum Gasteiger partial charge on any atom is -0.327 e. The summed E-state index contributed by atoms with van der Waals surface area (Å²) in [5, 5.41) is 0. The first-order valence-electron chi connectivity index (χ1n) is 8.49. The number of aryl methyl sites for hydroxylation is 1. The zero-order valence-corrected chi connectivity index (χ0v) is 12.7. The van der Waals surface area contributed by atoms with Gasteiger partial charge in [-0.1, -0.05) is 32.3 Å². The Morgan fingerprint density at radius 3 is 2.80 bits per heavy atom. The standard InChI is InChI=1S/C18H28N2/c1-2-13-8-10-14(11-9-13)17(19)16-7-3-5-15-6-4-12-20-18(15)16/h4,6,12-14,16-17H,2-3,5,7-11,19H2,1H3. The van der Waals surface area contributed by atoms with Crippen LogP contribution in [0.5, 0.6) is 0 Å². The molecule has 0 bridgehead atoms. The van der Waals surface area contributed by atoms with Gasteiger partial charge in [-0.2, -0.15) is 0 Å². The summed E-state index contributed by atoms with van der Waals surface area (Å²) in [5.74, 6) is 2.18. The maximum Gasteiger partial charge on any atom is 0.0481 e. The number of hydrogen-bond acceptors (Lipinski definition) is 2. The van der Waals surface area contributed by atoms with Crippen LogP contribution in [0.3, 0.4) is 0 Å². The zero-order valence-electron chi connectivity index (χ0n) is 12.7. The minimum absolute atomic E-state index is 0.321. The van der Waals surface area contributed by atoms with Crippen molar-refractivity contribution in [3.8, 4) is 0 Å². The molecule has 1 heterocycles. The third-order valence-corrected chi connectivity index (χ3v) is 5.72. The Kier molecular flexibility index (Phi) is 4.40.